The van der Waals surface area contributed by atoms with Gasteiger partial charge in [0.15, 0.2) is 0 Å². The van der Waals surface area contributed by atoms with Gasteiger partial charge in [-0.2, -0.15) is 0 Å². The molecular formula is C15H18FN5O2. The molecule has 0 amide bonds. The summed E-state index contributed by atoms with van der Waals surface area (Å²) in [6, 6.07) is 5.48. The van der Waals surface area contributed by atoms with Crippen molar-refractivity contribution in [1.29, 1.82) is 0 Å². The Balaban J connectivity index is 2.24. The zero-order chi connectivity index (χ0) is 16.8. The molecule has 2 N–H and O–H groups in total. The Morgan fingerprint density at radius 2 is 1.87 bits per heavy atom. The molecule has 0 fully saturated rings. The average molecular weight is 319 g/mol. The molecule has 0 atom stereocenters. The van der Waals surface area contributed by atoms with E-state index in [1.165, 1.54) is 30.6 Å². The molecule has 0 aliphatic heterocycles. The fourth-order valence-electron chi connectivity index (χ4n) is 1.92. The molecule has 8 heteroatoms. The number of aromatic nitrogens is 2. The number of anilines is 3. The van der Waals surface area contributed by atoms with Gasteiger partial charge in [-0.25, -0.2) is 14.4 Å². The van der Waals surface area contributed by atoms with Crippen LogP contribution in [-0.4, -0.2) is 21.4 Å². The minimum absolute atomic E-state index is 0.0589. The van der Waals surface area contributed by atoms with Gasteiger partial charge in [-0.05, 0) is 36.6 Å². The van der Waals surface area contributed by atoms with E-state index in [-0.39, 0.29) is 23.1 Å². The van der Waals surface area contributed by atoms with Crippen LogP contribution in [0.3, 0.4) is 0 Å². The standard InChI is InChI=1S/C15H18FN5O2/c1-10(2)7-8-17-14-13(21(22)23)15(19-9-18-14)20-12-5-3-11(16)4-6-12/h3-6,9-10H,7-8H2,1-2H3,(H2,17,18,19,20). The Labute approximate surface area is 133 Å². The molecule has 0 saturated heterocycles. The minimum Gasteiger partial charge on any atom is -0.364 e. The summed E-state index contributed by atoms with van der Waals surface area (Å²) in [7, 11) is 0. The number of halogens is 1. The third kappa shape index (κ3) is 4.60. The summed E-state index contributed by atoms with van der Waals surface area (Å²) in [5.41, 5.74) is 0.266. The summed E-state index contributed by atoms with van der Waals surface area (Å²) in [6.45, 7) is 4.71. The first-order valence-corrected chi connectivity index (χ1v) is 7.23. The van der Waals surface area contributed by atoms with Crippen molar-refractivity contribution in [3.63, 3.8) is 0 Å². The van der Waals surface area contributed by atoms with Crippen molar-refractivity contribution < 1.29 is 9.31 Å². The number of nitrogens with zero attached hydrogens (tertiary/aromatic N) is 3. The molecule has 0 unspecified atom stereocenters. The molecule has 0 radical (unpaired) electrons. The van der Waals surface area contributed by atoms with Crippen LogP contribution < -0.4 is 10.6 Å². The van der Waals surface area contributed by atoms with Crippen LogP contribution in [0.2, 0.25) is 0 Å². The zero-order valence-corrected chi connectivity index (χ0v) is 12.9. The van der Waals surface area contributed by atoms with E-state index in [1.807, 2.05) is 0 Å². The second kappa shape index (κ2) is 7.48. The molecule has 1 aromatic carbocycles. The molecule has 0 aliphatic rings. The summed E-state index contributed by atoms with van der Waals surface area (Å²) in [6.07, 6.45) is 2.11. The van der Waals surface area contributed by atoms with E-state index in [0.29, 0.717) is 18.2 Å². The Kier molecular flexibility index (Phi) is 5.40. The molecule has 122 valence electrons. The van der Waals surface area contributed by atoms with Crippen LogP contribution in [0, 0.1) is 21.8 Å². The normalized spacial score (nSPS) is 10.6. The molecule has 2 aromatic rings. The van der Waals surface area contributed by atoms with Crippen LogP contribution in [0.4, 0.5) is 27.4 Å². The number of benzene rings is 1. The lowest BCUT2D eigenvalue weighted by atomic mass is 10.1. The molecule has 7 nitrogen and oxygen atoms in total. The predicted octanol–water partition coefficient (Wildman–Crippen LogP) is 3.73. The monoisotopic (exact) mass is 319 g/mol. The summed E-state index contributed by atoms with van der Waals surface area (Å²) >= 11 is 0. The first-order chi connectivity index (χ1) is 11.0. The highest BCUT2D eigenvalue weighted by Crippen LogP contribution is 2.31. The molecule has 0 bridgehead atoms. The fraction of sp³-hybridized carbons (Fsp3) is 0.333. The van der Waals surface area contributed by atoms with Crippen LogP contribution in [0.25, 0.3) is 0 Å². The van der Waals surface area contributed by atoms with Crippen LogP contribution in [0.15, 0.2) is 30.6 Å². The van der Waals surface area contributed by atoms with Gasteiger partial charge in [0, 0.05) is 12.2 Å². The lowest BCUT2D eigenvalue weighted by Gasteiger charge is -2.10. The van der Waals surface area contributed by atoms with Crippen molar-refractivity contribution in [2.75, 3.05) is 17.2 Å². The van der Waals surface area contributed by atoms with E-state index in [2.05, 4.69) is 34.4 Å². The average Bonchev–Trinajstić information content (AvgIpc) is 2.49. The van der Waals surface area contributed by atoms with E-state index >= 15 is 0 Å². The van der Waals surface area contributed by atoms with Crippen LogP contribution in [0.1, 0.15) is 20.3 Å². The van der Waals surface area contributed by atoms with Gasteiger partial charge in [0.2, 0.25) is 11.6 Å². The Morgan fingerprint density at radius 3 is 2.48 bits per heavy atom. The first-order valence-electron chi connectivity index (χ1n) is 7.23. The maximum atomic E-state index is 12.9. The van der Waals surface area contributed by atoms with E-state index in [0.717, 1.165) is 6.42 Å². The smallest absolute Gasteiger partial charge is 0.353 e. The molecule has 1 aromatic heterocycles. The lowest BCUT2D eigenvalue weighted by molar-refractivity contribution is -0.383. The van der Waals surface area contributed by atoms with Crippen LogP contribution in [-0.2, 0) is 0 Å². The Hall–Kier alpha value is -2.77. The van der Waals surface area contributed by atoms with E-state index in [1.54, 1.807) is 0 Å². The molecule has 0 aliphatic carbocycles. The topological polar surface area (TPSA) is 93.0 Å². The van der Waals surface area contributed by atoms with Crippen molar-refractivity contribution in [2.24, 2.45) is 5.92 Å². The highest BCUT2D eigenvalue weighted by atomic mass is 19.1. The molecule has 1 heterocycles. The van der Waals surface area contributed by atoms with Gasteiger partial charge in [0.05, 0.1) is 4.92 Å². The maximum Gasteiger partial charge on any atom is 0.353 e. The van der Waals surface area contributed by atoms with Gasteiger partial charge < -0.3 is 10.6 Å². The largest absolute Gasteiger partial charge is 0.364 e. The minimum atomic E-state index is -0.538. The molecule has 0 spiro atoms. The number of nitrogens with one attached hydrogen (secondary N) is 2. The van der Waals surface area contributed by atoms with E-state index < -0.39 is 4.92 Å². The van der Waals surface area contributed by atoms with Crippen molar-refractivity contribution in [1.82, 2.24) is 9.97 Å². The third-order valence-corrected chi connectivity index (χ3v) is 3.13. The summed E-state index contributed by atoms with van der Waals surface area (Å²) in [5, 5.41) is 17.2. The molecule has 0 saturated carbocycles. The number of hydrogen-bond donors (Lipinski definition) is 2. The highest BCUT2D eigenvalue weighted by molar-refractivity contribution is 5.73. The van der Waals surface area contributed by atoms with Crippen molar-refractivity contribution in [2.45, 2.75) is 20.3 Å². The van der Waals surface area contributed by atoms with Gasteiger partial charge >= 0.3 is 5.69 Å². The Bertz CT molecular complexity index is 676. The van der Waals surface area contributed by atoms with E-state index in [9.17, 15) is 14.5 Å². The number of rotatable bonds is 7. The van der Waals surface area contributed by atoms with Crippen LogP contribution >= 0.6 is 0 Å². The summed E-state index contributed by atoms with van der Waals surface area (Å²) < 4.78 is 12.9. The summed E-state index contributed by atoms with van der Waals surface area (Å²) in [4.78, 5) is 18.7. The van der Waals surface area contributed by atoms with Crippen molar-refractivity contribution in [3.8, 4) is 0 Å². The Morgan fingerprint density at radius 1 is 1.22 bits per heavy atom. The highest BCUT2D eigenvalue weighted by Gasteiger charge is 2.22. The third-order valence-electron chi connectivity index (χ3n) is 3.13. The lowest BCUT2D eigenvalue weighted by Crippen LogP contribution is -2.10. The molecule has 2 rings (SSSR count). The summed E-state index contributed by atoms with van der Waals surface area (Å²) in [5.74, 6) is 0.308. The van der Waals surface area contributed by atoms with Gasteiger partial charge in [-0.1, -0.05) is 13.8 Å². The number of nitro groups is 1. The van der Waals surface area contributed by atoms with Crippen LogP contribution in [0.5, 0.6) is 0 Å². The van der Waals surface area contributed by atoms with Crippen molar-refractivity contribution in [3.05, 3.63) is 46.5 Å². The van der Waals surface area contributed by atoms with Gasteiger partial charge in [-0.3, -0.25) is 10.1 Å². The predicted molar refractivity (Wildman–Crippen MR) is 86.3 cm³/mol. The van der Waals surface area contributed by atoms with Gasteiger partial charge in [0.1, 0.15) is 12.1 Å². The molecular weight excluding hydrogens is 301 g/mol. The zero-order valence-electron chi connectivity index (χ0n) is 12.9. The SMILES string of the molecule is CC(C)CCNc1ncnc(Nc2ccc(F)cc2)c1[N+](=O)[O-]. The molecule has 23 heavy (non-hydrogen) atoms. The number of hydrogen-bond acceptors (Lipinski definition) is 6. The fourth-order valence-corrected chi connectivity index (χ4v) is 1.92. The quantitative estimate of drug-likeness (QED) is 0.596. The second-order valence-electron chi connectivity index (χ2n) is 5.42. The van der Waals surface area contributed by atoms with Gasteiger partial charge in [0.25, 0.3) is 0 Å². The van der Waals surface area contributed by atoms with Gasteiger partial charge in [-0.15, -0.1) is 0 Å². The maximum absolute atomic E-state index is 12.9. The van der Waals surface area contributed by atoms with E-state index in [4.69, 9.17) is 0 Å². The van der Waals surface area contributed by atoms with Crippen molar-refractivity contribution >= 4 is 23.0 Å². The second-order valence-corrected chi connectivity index (χ2v) is 5.42. The first kappa shape index (κ1) is 16.6.